The molecule has 0 aliphatic heterocycles. The van der Waals surface area contributed by atoms with Crippen molar-refractivity contribution in [2.24, 2.45) is 0 Å². The van der Waals surface area contributed by atoms with Gasteiger partial charge in [-0.05, 0) is 115 Å². The molecule has 2 aliphatic rings. The highest BCUT2D eigenvalue weighted by atomic mass is 19.1. The molecule has 274 valence electrons. The summed E-state index contributed by atoms with van der Waals surface area (Å²) < 4.78 is 14.6. The predicted molar refractivity (Wildman–Crippen MR) is 236 cm³/mol. The van der Waals surface area contributed by atoms with E-state index in [9.17, 15) is 4.39 Å². The van der Waals surface area contributed by atoms with E-state index in [1.165, 1.54) is 66.8 Å². The summed E-state index contributed by atoms with van der Waals surface area (Å²) in [5.74, 6) is -0.265. The molecule has 0 spiro atoms. The zero-order valence-corrected chi connectivity index (χ0v) is 31.8. The average molecular weight is 744 g/mol. The highest BCUT2D eigenvalue weighted by molar-refractivity contribution is 5.90. The second kappa shape index (κ2) is 13.4. The lowest BCUT2D eigenvalue weighted by Gasteiger charge is -2.35. The van der Waals surface area contributed by atoms with Gasteiger partial charge in [0.25, 0.3) is 0 Å². The summed E-state index contributed by atoms with van der Waals surface area (Å²) in [6, 6.07) is 81.9. The second-order valence-electron chi connectivity index (χ2n) is 15.3. The molecule has 9 aromatic rings. The predicted octanol–water partition coefficient (Wildman–Crippen LogP) is 14.0. The minimum absolute atomic E-state index is 0.265. The number of hydrogen-bond donors (Lipinski definition) is 0. The van der Waals surface area contributed by atoms with Gasteiger partial charge in [-0.2, -0.15) is 0 Å². The topological polar surface area (TPSA) is 3.24 Å². The SMILES string of the molecule is Fc1ccc(N(c2ccc(C3(c4ccccc4)c4ccccc4-c4ccccc43)cc2)c2ccc3c(c2)C(c2ccccc2)(c2ccccc2)c2ccccc2-3)cc1. The molecule has 11 rings (SSSR count). The van der Waals surface area contributed by atoms with Crippen LogP contribution in [-0.2, 0) is 10.8 Å². The van der Waals surface area contributed by atoms with Crippen molar-refractivity contribution in [1.82, 2.24) is 0 Å². The maximum absolute atomic E-state index is 14.6. The largest absolute Gasteiger partial charge is 0.310 e. The molecule has 0 saturated heterocycles. The lowest BCUT2D eigenvalue weighted by atomic mass is 9.67. The van der Waals surface area contributed by atoms with Gasteiger partial charge in [-0.25, -0.2) is 4.39 Å². The number of halogens is 1. The normalized spacial score (nSPS) is 13.9. The Bertz CT molecular complexity index is 2850. The van der Waals surface area contributed by atoms with Crippen LogP contribution in [0.3, 0.4) is 0 Å². The van der Waals surface area contributed by atoms with E-state index in [-0.39, 0.29) is 5.82 Å². The number of hydrogen-bond acceptors (Lipinski definition) is 1. The van der Waals surface area contributed by atoms with Gasteiger partial charge in [0.1, 0.15) is 5.82 Å². The van der Waals surface area contributed by atoms with Crippen molar-refractivity contribution in [3.05, 3.63) is 281 Å². The van der Waals surface area contributed by atoms with Gasteiger partial charge in [0, 0.05) is 17.1 Å². The van der Waals surface area contributed by atoms with Crippen LogP contribution >= 0.6 is 0 Å². The molecule has 1 nitrogen and oxygen atoms in total. The minimum Gasteiger partial charge on any atom is -0.310 e. The van der Waals surface area contributed by atoms with Crippen LogP contribution in [0.15, 0.2) is 231 Å². The van der Waals surface area contributed by atoms with E-state index in [0.717, 1.165) is 17.1 Å². The minimum atomic E-state index is -0.548. The van der Waals surface area contributed by atoms with Gasteiger partial charge in [0.2, 0.25) is 0 Å². The standard InChI is InChI=1S/C56H38FN/c57-43-30-34-45(35-31-43)58(44-32-28-42(29-33-44)55(39-16-4-1-5-17-39)51-25-13-10-22-47(51)48-23-11-14-26-52(48)55)46-36-37-50-49-24-12-15-27-53(49)56(54(50)38-46,40-18-6-2-7-19-40)41-20-8-3-9-21-41/h1-38H. The van der Waals surface area contributed by atoms with E-state index in [0.29, 0.717) is 0 Å². The molecule has 0 unspecified atom stereocenters. The Morgan fingerprint density at radius 2 is 0.603 bits per heavy atom. The van der Waals surface area contributed by atoms with Crippen molar-refractivity contribution >= 4 is 17.1 Å². The molecule has 0 heterocycles. The summed E-state index contributed by atoms with van der Waals surface area (Å²) in [5, 5.41) is 0. The third kappa shape index (κ3) is 4.88. The first-order valence-corrected chi connectivity index (χ1v) is 20.0. The van der Waals surface area contributed by atoms with Crippen LogP contribution in [0.4, 0.5) is 21.5 Å². The average Bonchev–Trinajstić information content (AvgIpc) is 3.77. The highest BCUT2D eigenvalue weighted by Gasteiger charge is 2.47. The molecule has 0 fully saturated rings. The summed E-state index contributed by atoms with van der Waals surface area (Å²) >= 11 is 0. The molecule has 0 aromatic heterocycles. The van der Waals surface area contributed by atoms with E-state index in [1.807, 2.05) is 12.1 Å². The molecule has 0 atom stereocenters. The quantitative estimate of drug-likeness (QED) is 0.157. The van der Waals surface area contributed by atoms with Gasteiger partial charge in [-0.3, -0.25) is 0 Å². The number of benzene rings is 9. The van der Waals surface area contributed by atoms with Crippen LogP contribution in [0, 0.1) is 5.82 Å². The van der Waals surface area contributed by atoms with Gasteiger partial charge in [-0.1, -0.05) is 182 Å². The molecular weight excluding hydrogens is 706 g/mol. The Hall–Kier alpha value is -7.29. The van der Waals surface area contributed by atoms with Crippen LogP contribution in [-0.4, -0.2) is 0 Å². The van der Waals surface area contributed by atoms with Gasteiger partial charge >= 0.3 is 0 Å². The van der Waals surface area contributed by atoms with Crippen molar-refractivity contribution in [2.75, 3.05) is 4.90 Å². The first-order chi connectivity index (χ1) is 28.7. The van der Waals surface area contributed by atoms with Crippen LogP contribution in [0.1, 0.15) is 44.5 Å². The van der Waals surface area contributed by atoms with E-state index < -0.39 is 10.8 Å². The van der Waals surface area contributed by atoms with Gasteiger partial charge in [0.05, 0.1) is 10.8 Å². The number of fused-ring (bicyclic) bond motifs is 6. The Morgan fingerprint density at radius 3 is 1.05 bits per heavy atom. The summed E-state index contributed by atoms with van der Waals surface area (Å²) in [4.78, 5) is 2.26. The zero-order valence-electron chi connectivity index (χ0n) is 31.8. The summed E-state index contributed by atoms with van der Waals surface area (Å²) in [6.45, 7) is 0. The molecule has 2 heteroatoms. The molecular formula is C56H38FN. The maximum atomic E-state index is 14.6. The summed E-state index contributed by atoms with van der Waals surface area (Å²) in [7, 11) is 0. The number of rotatable bonds is 7. The zero-order chi connectivity index (χ0) is 38.7. The monoisotopic (exact) mass is 743 g/mol. The molecule has 2 aliphatic carbocycles. The van der Waals surface area contributed by atoms with Crippen LogP contribution in [0.2, 0.25) is 0 Å². The fraction of sp³-hybridized carbons (Fsp3) is 0.0357. The first kappa shape index (κ1) is 34.0. The van der Waals surface area contributed by atoms with Crippen LogP contribution in [0.25, 0.3) is 22.3 Å². The number of anilines is 3. The van der Waals surface area contributed by atoms with Crippen molar-refractivity contribution in [2.45, 2.75) is 10.8 Å². The van der Waals surface area contributed by atoms with E-state index in [4.69, 9.17) is 0 Å². The first-order valence-electron chi connectivity index (χ1n) is 20.0. The molecule has 0 radical (unpaired) electrons. The van der Waals surface area contributed by atoms with Crippen LogP contribution in [0.5, 0.6) is 0 Å². The fourth-order valence-electron chi connectivity index (χ4n) is 10.2. The van der Waals surface area contributed by atoms with Gasteiger partial charge in [0.15, 0.2) is 0 Å². The molecule has 0 bridgehead atoms. The highest BCUT2D eigenvalue weighted by Crippen LogP contribution is 2.58. The lowest BCUT2D eigenvalue weighted by Crippen LogP contribution is -2.29. The third-order valence-corrected chi connectivity index (χ3v) is 12.5. The third-order valence-electron chi connectivity index (χ3n) is 12.5. The molecule has 58 heavy (non-hydrogen) atoms. The summed E-state index contributed by atoms with van der Waals surface area (Å²) in [5.41, 5.74) is 16.7. The molecule has 0 saturated carbocycles. The van der Waals surface area contributed by atoms with Gasteiger partial charge in [-0.15, -0.1) is 0 Å². The van der Waals surface area contributed by atoms with E-state index in [1.54, 1.807) is 12.1 Å². The molecule has 9 aromatic carbocycles. The van der Waals surface area contributed by atoms with Gasteiger partial charge < -0.3 is 4.90 Å². The molecule has 0 amide bonds. The summed E-state index contributed by atoms with van der Waals surface area (Å²) in [6.07, 6.45) is 0. The second-order valence-corrected chi connectivity index (χ2v) is 15.3. The van der Waals surface area contributed by atoms with Crippen molar-refractivity contribution in [1.29, 1.82) is 0 Å². The van der Waals surface area contributed by atoms with Crippen LogP contribution < -0.4 is 4.90 Å². The van der Waals surface area contributed by atoms with Crippen molar-refractivity contribution in [3.8, 4) is 22.3 Å². The Morgan fingerprint density at radius 1 is 0.276 bits per heavy atom. The van der Waals surface area contributed by atoms with Crippen molar-refractivity contribution in [3.63, 3.8) is 0 Å². The Labute approximate surface area is 339 Å². The Balaban J connectivity index is 1.13. The van der Waals surface area contributed by atoms with E-state index in [2.05, 4.69) is 211 Å². The van der Waals surface area contributed by atoms with E-state index >= 15 is 0 Å². The lowest BCUT2D eigenvalue weighted by molar-refractivity contribution is 0.628. The van der Waals surface area contributed by atoms with Crippen molar-refractivity contribution < 1.29 is 4.39 Å². The number of nitrogens with zero attached hydrogens (tertiary/aromatic N) is 1. The smallest absolute Gasteiger partial charge is 0.123 e. The molecule has 0 N–H and O–H groups in total. The Kier molecular flexibility index (Phi) is 7.87. The maximum Gasteiger partial charge on any atom is 0.123 e. The fourth-order valence-corrected chi connectivity index (χ4v) is 10.2.